The van der Waals surface area contributed by atoms with Crippen LogP contribution in [0.1, 0.15) is 36.7 Å². The number of nitrogens with zero attached hydrogens (tertiary/aromatic N) is 3. The molecule has 0 radical (unpaired) electrons. The van der Waals surface area contributed by atoms with E-state index in [1.54, 1.807) is 0 Å². The van der Waals surface area contributed by atoms with Gasteiger partial charge in [0.1, 0.15) is 0 Å². The van der Waals surface area contributed by atoms with Crippen molar-refractivity contribution >= 4 is 5.69 Å². The number of likely N-dealkylation sites (N-methyl/N-ethyl adjacent to an activating group) is 1. The molecule has 0 spiro atoms. The maximum Gasteiger partial charge on any atom is 0.0698 e. The van der Waals surface area contributed by atoms with Gasteiger partial charge >= 0.3 is 0 Å². The Balaban J connectivity index is 2.45. The third-order valence-electron chi connectivity index (χ3n) is 4.00. The molecule has 0 saturated heterocycles. The van der Waals surface area contributed by atoms with Crippen LogP contribution in [0.3, 0.4) is 0 Å². The van der Waals surface area contributed by atoms with Gasteiger partial charge < -0.3 is 10.6 Å². The summed E-state index contributed by atoms with van der Waals surface area (Å²) in [6.45, 7) is 7.97. The topological polar surface area (TPSA) is 47.1 Å². The van der Waals surface area contributed by atoms with E-state index in [1.165, 1.54) is 16.8 Å². The molecule has 1 aromatic heterocycles. The number of hydrogen-bond acceptors (Lipinski definition) is 3. The van der Waals surface area contributed by atoms with Gasteiger partial charge in [-0.15, -0.1) is 0 Å². The lowest BCUT2D eigenvalue weighted by Crippen LogP contribution is -2.34. The highest BCUT2D eigenvalue weighted by atomic mass is 15.3. The zero-order chi connectivity index (χ0) is 15.4. The van der Waals surface area contributed by atoms with Crippen molar-refractivity contribution in [3.8, 4) is 0 Å². The highest BCUT2D eigenvalue weighted by molar-refractivity contribution is 5.55. The second-order valence-corrected chi connectivity index (χ2v) is 5.38. The number of benzene rings is 1. The predicted octanol–water partition coefficient (Wildman–Crippen LogP) is 2.82. The fourth-order valence-corrected chi connectivity index (χ4v) is 2.97. The molecule has 1 aromatic carbocycles. The van der Waals surface area contributed by atoms with E-state index in [1.807, 2.05) is 11.7 Å². The average molecular weight is 286 g/mol. The number of anilines is 1. The lowest BCUT2D eigenvalue weighted by atomic mass is 10.0. The third-order valence-corrected chi connectivity index (χ3v) is 4.00. The van der Waals surface area contributed by atoms with E-state index in [4.69, 9.17) is 5.73 Å². The van der Waals surface area contributed by atoms with Crippen LogP contribution in [-0.4, -0.2) is 22.9 Å². The maximum absolute atomic E-state index is 6.12. The summed E-state index contributed by atoms with van der Waals surface area (Å²) in [4.78, 5) is 2.38. The Morgan fingerprint density at radius 3 is 2.57 bits per heavy atom. The first-order valence-corrected chi connectivity index (χ1v) is 7.67. The van der Waals surface area contributed by atoms with Crippen molar-refractivity contribution in [3.63, 3.8) is 0 Å². The molecule has 2 N–H and O–H groups in total. The molecular weight excluding hydrogens is 260 g/mol. The van der Waals surface area contributed by atoms with Gasteiger partial charge in [-0.25, -0.2) is 0 Å². The van der Waals surface area contributed by atoms with Crippen molar-refractivity contribution in [1.29, 1.82) is 0 Å². The van der Waals surface area contributed by atoms with E-state index in [0.29, 0.717) is 6.54 Å². The van der Waals surface area contributed by atoms with Crippen molar-refractivity contribution in [2.45, 2.75) is 33.2 Å². The van der Waals surface area contributed by atoms with Crippen molar-refractivity contribution in [3.05, 3.63) is 47.3 Å². The predicted molar refractivity (Wildman–Crippen MR) is 88.6 cm³/mol. The molecule has 0 aliphatic heterocycles. The van der Waals surface area contributed by atoms with Crippen molar-refractivity contribution < 1.29 is 0 Å². The Kier molecular flexibility index (Phi) is 5.02. The number of nitrogens with two attached hydrogens (primary N) is 1. The molecule has 1 atom stereocenters. The van der Waals surface area contributed by atoms with Crippen LogP contribution in [0.25, 0.3) is 0 Å². The minimum atomic E-state index is 0.166. The first kappa shape index (κ1) is 15.6. The van der Waals surface area contributed by atoms with Gasteiger partial charge in [0.15, 0.2) is 0 Å². The second-order valence-electron chi connectivity index (χ2n) is 5.38. The zero-order valence-corrected chi connectivity index (χ0v) is 13.5. The average Bonchev–Trinajstić information content (AvgIpc) is 2.86. The van der Waals surface area contributed by atoms with Crippen LogP contribution < -0.4 is 10.6 Å². The summed E-state index contributed by atoms with van der Waals surface area (Å²) in [7, 11) is 1.97. The highest BCUT2D eigenvalue weighted by Crippen LogP contribution is 2.30. The largest absolute Gasteiger partial charge is 0.363 e. The summed E-state index contributed by atoms with van der Waals surface area (Å²) in [5, 5.41) is 4.57. The number of hydrogen-bond donors (Lipinski definition) is 1. The van der Waals surface area contributed by atoms with Gasteiger partial charge in [0.2, 0.25) is 0 Å². The molecule has 0 fully saturated rings. The van der Waals surface area contributed by atoms with Crippen molar-refractivity contribution in [2.24, 2.45) is 12.8 Å². The Labute approximate surface area is 127 Å². The van der Waals surface area contributed by atoms with Gasteiger partial charge in [-0.05, 0) is 31.9 Å². The smallest absolute Gasteiger partial charge is 0.0698 e. The molecular formula is C17H26N4. The Morgan fingerprint density at radius 2 is 2.00 bits per heavy atom. The standard InChI is InChI=1S/C17H26N4/c1-5-15-14(12-20(4)19-15)17(11-18)21(6-2)16-10-8-7-9-13(16)3/h7-10,12,17H,5-6,11,18H2,1-4H3. The van der Waals surface area contributed by atoms with Gasteiger partial charge in [-0.1, -0.05) is 25.1 Å². The van der Waals surface area contributed by atoms with Gasteiger partial charge in [-0.2, -0.15) is 5.10 Å². The normalized spacial score (nSPS) is 12.4. The van der Waals surface area contributed by atoms with Crippen LogP contribution >= 0.6 is 0 Å². The zero-order valence-electron chi connectivity index (χ0n) is 13.5. The molecule has 0 saturated carbocycles. The van der Waals surface area contributed by atoms with E-state index in [-0.39, 0.29) is 6.04 Å². The van der Waals surface area contributed by atoms with Gasteiger partial charge in [0, 0.05) is 37.6 Å². The Hall–Kier alpha value is -1.81. The van der Waals surface area contributed by atoms with E-state index in [0.717, 1.165) is 18.7 Å². The van der Waals surface area contributed by atoms with Gasteiger partial charge in [0.05, 0.1) is 11.7 Å². The second kappa shape index (κ2) is 6.76. The molecule has 0 aliphatic rings. The summed E-state index contributed by atoms with van der Waals surface area (Å²) in [5.74, 6) is 0. The minimum absolute atomic E-state index is 0.166. The Bertz CT molecular complexity index is 588. The monoisotopic (exact) mass is 286 g/mol. The first-order chi connectivity index (χ1) is 10.1. The van der Waals surface area contributed by atoms with Crippen LogP contribution in [0, 0.1) is 6.92 Å². The van der Waals surface area contributed by atoms with Crippen LogP contribution in [0.15, 0.2) is 30.5 Å². The van der Waals surface area contributed by atoms with Crippen molar-refractivity contribution in [1.82, 2.24) is 9.78 Å². The maximum atomic E-state index is 6.12. The van der Waals surface area contributed by atoms with E-state index < -0.39 is 0 Å². The molecule has 0 amide bonds. The van der Waals surface area contributed by atoms with Crippen LogP contribution in [0.4, 0.5) is 5.69 Å². The molecule has 2 aromatic rings. The Morgan fingerprint density at radius 1 is 1.29 bits per heavy atom. The summed E-state index contributed by atoms with van der Waals surface area (Å²) in [6, 6.07) is 8.65. The first-order valence-electron chi connectivity index (χ1n) is 7.67. The van der Waals surface area contributed by atoms with Crippen LogP contribution in [0.5, 0.6) is 0 Å². The van der Waals surface area contributed by atoms with Crippen molar-refractivity contribution in [2.75, 3.05) is 18.0 Å². The molecule has 0 bridgehead atoms. The molecule has 1 heterocycles. The molecule has 0 aliphatic carbocycles. The SMILES string of the molecule is CCc1nn(C)cc1C(CN)N(CC)c1ccccc1C. The van der Waals surface area contributed by atoms with E-state index >= 15 is 0 Å². The van der Waals surface area contributed by atoms with E-state index in [9.17, 15) is 0 Å². The van der Waals surface area contributed by atoms with E-state index in [2.05, 4.69) is 61.2 Å². The fraction of sp³-hybridized carbons (Fsp3) is 0.471. The summed E-state index contributed by atoms with van der Waals surface area (Å²) in [5.41, 5.74) is 11.0. The fourth-order valence-electron chi connectivity index (χ4n) is 2.97. The van der Waals surface area contributed by atoms with Crippen LogP contribution in [-0.2, 0) is 13.5 Å². The van der Waals surface area contributed by atoms with Crippen LogP contribution in [0.2, 0.25) is 0 Å². The van der Waals surface area contributed by atoms with Gasteiger partial charge in [-0.3, -0.25) is 4.68 Å². The molecule has 4 nitrogen and oxygen atoms in total. The number of aromatic nitrogens is 2. The number of rotatable bonds is 6. The molecule has 1 unspecified atom stereocenters. The molecule has 4 heteroatoms. The van der Waals surface area contributed by atoms with Gasteiger partial charge in [0.25, 0.3) is 0 Å². The number of para-hydroxylation sites is 1. The summed E-state index contributed by atoms with van der Waals surface area (Å²) < 4.78 is 1.89. The highest BCUT2D eigenvalue weighted by Gasteiger charge is 2.23. The number of aryl methyl sites for hydroxylation is 3. The third kappa shape index (κ3) is 3.10. The minimum Gasteiger partial charge on any atom is -0.363 e. The molecule has 21 heavy (non-hydrogen) atoms. The quantitative estimate of drug-likeness (QED) is 0.888. The lowest BCUT2D eigenvalue weighted by Gasteiger charge is -2.33. The summed E-state index contributed by atoms with van der Waals surface area (Å²) >= 11 is 0. The lowest BCUT2D eigenvalue weighted by molar-refractivity contribution is 0.636. The summed E-state index contributed by atoms with van der Waals surface area (Å²) in [6.07, 6.45) is 3.04. The molecule has 2 rings (SSSR count). The molecule has 114 valence electrons.